The van der Waals surface area contributed by atoms with Crippen molar-refractivity contribution in [2.45, 2.75) is 6.42 Å². The summed E-state index contributed by atoms with van der Waals surface area (Å²) in [5.74, 6) is -0.762. The lowest BCUT2D eigenvalue weighted by molar-refractivity contribution is 0.0984. The van der Waals surface area contributed by atoms with E-state index in [9.17, 15) is 9.18 Å². The zero-order valence-electron chi connectivity index (χ0n) is 8.48. The molecule has 1 aromatic heterocycles. The molecule has 1 aromatic carbocycles. The van der Waals surface area contributed by atoms with E-state index < -0.39 is 0 Å². The Kier molecular flexibility index (Phi) is 3.19. The minimum absolute atomic E-state index is 0.00884. The van der Waals surface area contributed by atoms with Gasteiger partial charge in [0.15, 0.2) is 17.3 Å². The van der Waals surface area contributed by atoms with Crippen LogP contribution in [0.2, 0.25) is 0 Å². The van der Waals surface area contributed by atoms with Gasteiger partial charge in [-0.05, 0) is 43.9 Å². The van der Waals surface area contributed by atoms with Crippen molar-refractivity contribution in [3.8, 4) is 0 Å². The highest BCUT2D eigenvalue weighted by Gasteiger charge is 2.16. The van der Waals surface area contributed by atoms with Gasteiger partial charge in [-0.3, -0.25) is 4.79 Å². The maximum absolute atomic E-state index is 13.0. The number of aromatic nitrogens is 2. The molecule has 0 atom stereocenters. The standard InChI is InChI=1S/C10H7BrFN3O2/c11-6-3-5(1-2-7(6)12)4-8(16)9-10(13)15-17-14-9/h1-3H,4H2,(H2,13,15). The SMILES string of the molecule is Nc1nonc1C(=O)Cc1ccc(F)c(Br)c1. The molecule has 0 unspecified atom stereocenters. The lowest BCUT2D eigenvalue weighted by Gasteiger charge is -2.00. The summed E-state index contributed by atoms with van der Waals surface area (Å²) in [4.78, 5) is 11.7. The molecule has 2 rings (SSSR count). The number of carbonyl (C=O) groups excluding carboxylic acids is 1. The minimum atomic E-state index is -0.385. The minimum Gasteiger partial charge on any atom is -0.379 e. The fraction of sp³-hybridized carbons (Fsp3) is 0.100. The molecule has 0 amide bonds. The highest BCUT2D eigenvalue weighted by Crippen LogP contribution is 2.18. The van der Waals surface area contributed by atoms with Gasteiger partial charge in [-0.25, -0.2) is 9.02 Å². The Morgan fingerprint density at radius 3 is 2.82 bits per heavy atom. The van der Waals surface area contributed by atoms with Crippen LogP contribution < -0.4 is 5.73 Å². The molecule has 0 spiro atoms. The zero-order chi connectivity index (χ0) is 12.4. The normalized spacial score (nSPS) is 10.5. The van der Waals surface area contributed by atoms with Gasteiger partial charge in [-0.2, -0.15) is 0 Å². The monoisotopic (exact) mass is 299 g/mol. The molecular formula is C10H7BrFN3O2. The molecule has 88 valence electrons. The number of benzene rings is 1. The second-order valence-corrected chi connectivity index (χ2v) is 4.20. The summed E-state index contributed by atoms with van der Waals surface area (Å²) in [5.41, 5.74) is 6.03. The number of hydrogen-bond acceptors (Lipinski definition) is 5. The molecule has 17 heavy (non-hydrogen) atoms. The third-order valence-electron chi connectivity index (χ3n) is 2.13. The lowest BCUT2D eigenvalue weighted by Crippen LogP contribution is -2.07. The van der Waals surface area contributed by atoms with E-state index in [1.165, 1.54) is 18.2 Å². The van der Waals surface area contributed by atoms with Gasteiger partial charge in [0.2, 0.25) is 0 Å². The molecule has 0 aliphatic heterocycles. The van der Waals surface area contributed by atoms with Gasteiger partial charge in [0, 0.05) is 6.42 Å². The first-order chi connectivity index (χ1) is 8.08. The first kappa shape index (κ1) is 11.7. The quantitative estimate of drug-likeness (QED) is 0.876. The summed E-state index contributed by atoms with van der Waals surface area (Å²) in [6.07, 6.45) is 0.0529. The fourth-order valence-corrected chi connectivity index (χ4v) is 1.73. The molecule has 0 saturated heterocycles. The Morgan fingerprint density at radius 2 is 2.24 bits per heavy atom. The number of nitrogen functional groups attached to an aromatic ring is 1. The van der Waals surface area contributed by atoms with E-state index in [1.807, 2.05) is 0 Å². The number of Topliss-reactive ketones (excluding diaryl/α,β-unsaturated/α-hetero) is 1. The van der Waals surface area contributed by atoms with Crippen LogP contribution >= 0.6 is 15.9 Å². The van der Waals surface area contributed by atoms with Gasteiger partial charge >= 0.3 is 0 Å². The van der Waals surface area contributed by atoms with Crippen molar-refractivity contribution in [1.29, 1.82) is 0 Å². The van der Waals surface area contributed by atoms with Crippen LogP contribution in [-0.4, -0.2) is 16.1 Å². The lowest BCUT2D eigenvalue weighted by atomic mass is 10.1. The zero-order valence-corrected chi connectivity index (χ0v) is 10.1. The maximum atomic E-state index is 13.0. The number of rotatable bonds is 3. The van der Waals surface area contributed by atoms with Gasteiger partial charge < -0.3 is 5.73 Å². The van der Waals surface area contributed by atoms with Gasteiger partial charge in [0.1, 0.15) is 5.82 Å². The maximum Gasteiger partial charge on any atom is 0.199 e. The van der Waals surface area contributed by atoms with Crippen molar-refractivity contribution < 1.29 is 13.8 Å². The molecule has 5 nitrogen and oxygen atoms in total. The van der Waals surface area contributed by atoms with E-state index in [0.29, 0.717) is 10.0 Å². The van der Waals surface area contributed by atoms with Crippen molar-refractivity contribution >= 4 is 27.5 Å². The van der Waals surface area contributed by atoms with Gasteiger partial charge in [0.25, 0.3) is 0 Å². The molecule has 0 bridgehead atoms. The van der Waals surface area contributed by atoms with Crippen molar-refractivity contribution in [3.63, 3.8) is 0 Å². The highest BCUT2D eigenvalue weighted by atomic mass is 79.9. The molecule has 0 radical (unpaired) electrons. The number of halogens is 2. The first-order valence-electron chi connectivity index (χ1n) is 4.63. The van der Waals surface area contributed by atoms with Gasteiger partial charge in [-0.15, -0.1) is 0 Å². The molecule has 1 heterocycles. The third-order valence-corrected chi connectivity index (χ3v) is 2.73. The average Bonchev–Trinajstić information content (AvgIpc) is 2.70. The van der Waals surface area contributed by atoms with Crippen molar-refractivity contribution in [1.82, 2.24) is 10.3 Å². The average molecular weight is 300 g/mol. The number of hydrogen-bond donors (Lipinski definition) is 1. The predicted molar refractivity (Wildman–Crippen MR) is 60.8 cm³/mol. The van der Waals surface area contributed by atoms with E-state index in [4.69, 9.17) is 5.73 Å². The van der Waals surface area contributed by atoms with E-state index in [-0.39, 0.29) is 29.5 Å². The van der Waals surface area contributed by atoms with Gasteiger partial charge in [-0.1, -0.05) is 6.07 Å². The summed E-state index contributed by atoms with van der Waals surface area (Å²) in [6.45, 7) is 0. The molecule has 0 aliphatic rings. The third kappa shape index (κ3) is 2.50. The largest absolute Gasteiger partial charge is 0.379 e. The first-order valence-corrected chi connectivity index (χ1v) is 5.42. The number of anilines is 1. The molecular weight excluding hydrogens is 293 g/mol. The Labute approximate surface area is 104 Å². The molecule has 0 saturated carbocycles. The van der Waals surface area contributed by atoms with E-state index in [2.05, 4.69) is 30.9 Å². The summed E-state index contributed by atoms with van der Waals surface area (Å²) in [5, 5.41) is 6.72. The highest BCUT2D eigenvalue weighted by molar-refractivity contribution is 9.10. The van der Waals surface area contributed by atoms with Crippen LogP contribution in [0.3, 0.4) is 0 Å². The fourth-order valence-electron chi connectivity index (χ4n) is 1.31. The molecule has 7 heteroatoms. The van der Waals surface area contributed by atoms with Crippen molar-refractivity contribution in [3.05, 3.63) is 39.7 Å². The van der Waals surface area contributed by atoms with Crippen LogP contribution in [0.15, 0.2) is 27.3 Å². The molecule has 0 aliphatic carbocycles. The van der Waals surface area contributed by atoms with Crippen LogP contribution in [0, 0.1) is 5.82 Å². The van der Waals surface area contributed by atoms with Crippen LogP contribution in [0.25, 0.3) is 0 Å². The number of nitrogens with two attached hydrogens (primary N) is 1. The number of ketones is 1. The van der Waals surface area contributed by atoms with Crippen LogP contribution in [0.1, 0.15) is 16.1 Å². The summed E-state index contributed by atoms with van der Waals surface area (Å²) in [7, 11) is 0. The summed E-state index contributed by atoms with van der Waals surface area (Å²) < 4.78 is 17.6. The molecule has 2 N–H and O–H groups in total. The van der Waals surface area contributed by atoms with Crippen molar-refractivity contribution in [2.24, 2.45) is 0 Å². The Bertz CT molecular complexity index is 570. The number of carbonyl (C=O) groups is 1. The smallest absolute Gasteiger partial charge is 0.199 e. The topological polar surface area (TPSA) is 82.0 Å². The second-order valence-electron chi connectivity index (χ2n) is 3.35. The predicted octanol–water partition coefficient (Wildman–Crippen LogP) is 1.98. The second kappa shape index (κ2) is 4.62. The van der Waals surface area contributed by atoms with Crippen LogP contribution in [0.5, 0.6) is 0 Å². The van der Waals surface area contributed by atoms with Crippen LogP contribution in [0.4, 0.5) is 10.2 Å². The molecule has 2 aromatic rings. The Morgan fingerprint density at radius 1 is 1.47 bits per heavy atom. The molecule has 0 fully saturated rings. The van der Waals surface area contributed by atoms with E-state index >= 15 is 0 Å². The Hall–Kier alpha value is -1.76. The van der Waals surface area contributed by atoms with E-state index in [0.717, 1.165) is 0 Å². The summed E-state index contributed by atoms with van der Waals surface area (Å²) in [6, 6.07) is 4.32. The van der Waals surface area contributed by atoms with E-state index in [1.54, 1.807) is 0 Å². The van der Waals surface area contributed by atoms with Crippen LogP contribution in [-0.2, 0) is 6.42 Å². The van der Waals surface area contributed by atoms with Crippen molar-refractivity contribution in [2.75, 3.05) is 5.73 Å². The van der Waals surface area contributed by atoms with Gasteiger partial charge in [0.05, 0.1) is 4.47 Å². The Balaban J connectivity index is 2.19. The number of nitrogens with zero attached hydrogens (tertiary/aromatic N) is 2. The summed E-state index contributed by atoms with van der Waals surface area (Å²) >= 11 is 3.04.